The molecule has 1 aliphatic heterocycles. The highest BCUT2D eigenvalue weighted by atomic mass is 16.2. The van der Waals surface area contributed by atoms with Crippen LogP contribution in [0.25, 0.3) is 0 Å². The number of carbonyl (C=O) groups is 2. The number of hydrogen-bond acceptors (Lipinski definition) is 2. The number of amides is 2. The van der Waals surface area contributed by atoms with Gasteiger partial charge in [0.15, 0.2) is 0 Å². The zero-order valence-corrected chi connectivity index (χ0v) is 19.2. The third kappa shape index (κ3) is 4.26. The van der Waals surface area contributed by atoms with Gasteiger partial charge in [-0.05, 0) is 55.2 Å². The zero-order chi connectivity index (χ0) is 22.1. The van der Waals surface area contributed by atoms with Gasteiger partial charge in [0.2, 0.25) is 11.8 Å². The van der Waals surface area contributed by atoms with Gasteiger partial charge in [0.1, 0.15) is 12.1 Å². The molecule has 1 heterocycles. The van der Waals surface area contributed by atoms with E-state index in [4.69, 9.17) is 0 Å². The third-order valence-electron chi connectivity index (χ3n) is 7.13. The van der Waals surface area contributed by atoms with Crippen LogP contribution in [-0.2, 0) is 29.0 Å². The van der Waals surface area contributed by atoms with E-state index in [0.29, 0.717) is 6.54 Å². The number of piperazine rings is 1. The Morgan fingerprint density at radius 2 is 1.55 bits per heavy atom. The molecule has 1 fully saturated rings. The van der Waals surface area contributed by atoms with Crippen LogP contribution in [0.3, 0.4) is 0 Å². The maximum absolute atomic E-state index is 13.8. The van der Waals surface area contributed by atoms with Crippen LogP contribution in [0.1, 0.15) is 54.5 Å². The molecule has 0 bridgehead atoms. The molecule has 2 atom stereocenters. The minimum Gasteiger partial charge on any atom is -0.342 e. The van der Waals surface area contributed by atoms with Crippen molar-refractivity contribution in [1.29, 1.82) is 0 Å². The first-order valence-corrected chi connectivity index (χ1v) is 11.7. The number of fused-ring (bicyclic) bond motifs is 1. The largest absolute Gasteiger partial charge is 0.342 e. The first-order valence-electron chi connectivity index (χ1n) is 11.7. The SMILES string of the molecule is CCC(CC)[C@@H]1C(=O)N[C@H](C2Cc3ccccc3C2)C(=O)N1Cc1cc(C)cc(C)c1. The molecule has 0 spiro atoms. The van der Waals surface area contributed by atoms with E-state index in [1.807, 2.05) is 4.90 Å². The Bertz CT molecular complexity index is 934. The fourth-order valence-corrected chi connectivity index (χ4v) is 5.64. The highest BCUT2D eigenvalue weighted by molar-refractivity contribution is 5.97. The van der Waals surface area contributed by atoms with Crippen LogP contribution in [0.5, 0.6) is 0 Å². The van der Waals surface area contributed by atoms with Crippen LogP contribution >= 0.6 is 0 Å². The van der Waals surface area contributed by atoms with E-state index < -0.39 is 12.1 Å². The summed E-state index contributed by atoms with van der Waals surface area (Å²) < 4.78 is 0. The molecule has 0 radical (unpaired) electrons. The summed E-state index contributed by atoms with van der Waals surface area (Å²) in [6.07, 6.45) is 3.45. The van der Waals surface area contributed by atoms with Gasteiger partial charge in [-0.15, -0.1) is 0 Å². The summed E-state index contributed by atoms with van der Waals surface area (Å²) in [5, 5.41) is 3.15. The van der Waals surface area contributed by atoms with Gasteiger partial charge in [-0.1, -0.05) is 80.3 Å². The van der Waals surface area contributed by atoms with Crippen molar-refractivity contribution in [1.82, 2.24) is 10.2 Å². The van der Waals surface area contributed by atoms with Gasteiger partial charge < -0.3 is 10.2 Å². The average molecular weight is 419 g/mol. The molecule has 4 nitrogen and oxygen atoms in total. The minimum absolute atomic E-state index is 0.0126. The van der Waals surface area contributed by atoms with Crippen molar-refractivity contribution in [3.8, 4) is 0 Å². The molecular formula is C27H34N2O2. The highest BCUT2D eigenvalue weighted by Gasteiger charge is 2.46. The van der Waals surface area contributed by atoms with Crippen molar-refractivity contribution in [2.75, 3.05) is 0 Å². The van der Waals surface area contributed by atoms with Gasteiger partial charge in [-0.3, -0.25) is 9.59 Å². The molecule has 0 aromatic heterocycles. The normalized spacial score (nSPS) is 21.5. The van der Waals surface area contributed by atoms with E-state index in [-0.39, 0.29) is 23.7 Å². The molecule has 2 aromatic rings. The maximum atomic E-state index is 13.8. The lowest BCUT2D eigenvalue weighted by Gasteiger charge is -2.43. The summed E-state index contributed by atoms with van der Waals surface area (Å²) in [6, 6.07) is 14.0. The quantitative estimate of drug-likeness (QED) is 0.758. The number of aryl methyl sites for hydroxylation is 2. The van der Waals surface area contributed by atoms with Crippen molar-refractivity contribution < 1.29 is 9.59 Å². The Balaban J connectivity index is 1.65. The summed E-state index contributed by atoms with van der Waals surface area (Å²) in [5.41, 5.74) is 6.08. The third-order valence-corrected chi connectivity index (χ3v) is 7.13. The predicted octanol–water partition coefficient (Wildman–Crippen LogP) is 4.35. The van der Waals surface area contributed by atoms with Crippen LogP contribution in [0.4, 0.5) is 0 Å². The summed E-state index contributed by atoms with van der Waals surface area (Å²) in [5.74, 6) is 0.377. The Morgan fingerprint density at radius 3 is 2.10 bits per heavy atom. The monoisotopic (exact) mass is 418 g/mol. The maximum Gasteiger partial charge on any atom is 0.246 e. The molecule has 1 N–H and O–H groups in total. The zero-order valence-electron chi connectivity index (χ0n) is 19.2. The predicted molar refractivity (Wildman–Crippen MR) is 124 cm³/mol. The van der Waals surface area contributed by atoms with Crippen LogP contribution in [0.15, 0.2) is 42.5 Å². The Kier molecular flexibility index (Phi) is 6.17. The molecule has 1 aliphatic carbocycles. The van der Waals surface area contributed by atoms with Gasteiger partial charge in [0.25, 0.3) is 0 Å². The van der Waals surface area contributed by atoms with Gasteiger partial charge in [0.05, 0.1) is 0 Å². The van der Waals surface area contributed by atoms with E-state index in [0.717, 1.165) is 31.2 Å². The summed E-state index contributed by atoms with van der Waals surface area (Å²) >= 11 is 0. The second kappa shape index (κ2) is 8.86. The van der Waals surface area contributed by atoms with Crippen molar-refractivity contribution in [3.05, 3.63) is 70.3 Å². The van der Waals surface area contributed by atoms with Gasteiger partial charge in [0, 0.05) is 6.54 Å². The van der Waals surface area contributed by atoms with Gasteiger partial charge >= 0.3 is 0 Å². The van der Waals surface area contributed by atoms with E-state index in [1.54, 1.807) is 0 Å². The topological polar surface area (TPSA) is 49.4 Å². The number of rotatable bonds is 6. The molecule has 4 heteroatoms. The standard InChI is InChI=1S/C27H34N2O2/c1-5-20(6-2)25-26(30)28-24(23-14-21-9-7-8-10-22(21)15-23)27(31)29(25)16-19-12-17(3)11-18(4)13-19/h7-13,20,23-25H,5-6,14-16H2,1-4H3,(H,28,30)/t24-,25-/m1/s1. The number of benzene rings is 2. The molecule has 1 saturated heterocycles. The summed E-state index contributed by atoms with van der Waals surface area (Å²) in [7, 11) is 0. The van der Waals surface area contributed by atoms with Crippen molar-refractivity contribution in [2.45, 2.75) is 72.0 Å². The van der Waals surface area contributed by atoms with Gasteiger partial charge in [-0.2, -0.15) is 0 Å². The van der Waals surface area contributed by atoms with Crippen LogP contribution < -0.4 is 5.32 Å². The first kappa shape index (κ1) is 21.6. The molecule has 0 unspecified atom stereocenters. The molecule has 0 saturated carbocycles. The first-order chi connectivity index (χ1) is 14.9. The van der Waals surface area contributed by atoms with Crippen LogP contribution in [-0.4, -0.2) is 28.8 Å². The number of nitrogens with zero attached hydrogens (tertiary/aromatic N) is 1. The number of carbonyl (C=O) groups excluding carboxylic acids is 2. The average Bonchev–Trinajstić information content (AvgIpc) is 3.16. The minimum atomic E-state index is -0.448. The van der Waals surface area contributed by atoms with E-state index in [1.165, 1.54) is 22.3 Å². The lowest BCUT2D eigenvalue weighted by Crippen LogP contribution is -2.66. The second-order valence-electron chi connectivity index (χ2n) is 9.41. The molecule has 31 heavy (non-hydrogen) atoms. The Labute approximate surface area is 186 Å². The molecule has 4 rings (SSSR count). The Hall–Kier alpha value is -2.62. The van der Waals surface area contributed by atoms with Crippen molar-refractivity contribution in [3.63, 3.8) is 0 Å². The number of nitrogens with one attached hydrogen (secondary N) is 1. The lowest BCUT2D eigenvalue weighted by molar-refractivity contribution is -0.154. The fourth-order valence-electron chi connectivity index (χ4n) is 5.64. The molecule has 2 aromatic carbocycles. The smallest absolute Gasteiger partial charge is 0.246 e. The van der Waals surface area contributed by atoms with E-state index in [2.05, 4.69) is 75.5 Å². The molecule has 2 amide bonds. The summed E-state index contributed by atoms with van der Waals surface area (Å²) in [6.45, 7) is 8.88. The number of hydrogen-bond donors (Lipinski definition) is 1. The molecular weight excluding hydrogens is 384 g/mol. The van der Waals surface area contributed by atoms with Crippen molar-refractivity contribution >= 4 is 11.8 Å². The second-order valence-corrected chi connectivity index (χ2v) is 9.41. The fraction of sp³-hybridized carbons (Fsp3) is 0.481. The van der Waals surface area contributed by atoms with Crippen LogP contribution in [0.2, 0.25) is 0 Å². The highest BCUT2D eigenvalue weighted by Crippen LogP contribution is 2.33. The lowest BCUT2D eigenvalue weighted by atomic mass is 9.86. The Morgan fingerprint density at radius 1 is 0.968 bits per heavy atom. The molecule has 2 aliphatic rings. The van der Waals surface area contributed by atoms with E-state index in [9.17, 15) is 9.59 Å². The molecule has 164 valence electrons. The van der Waals surface area contributed by atoms with Crippen molar-refractivity contribution in [2.24, 2.45) is 11.8 Å². The van der Waals surface area contributed by atoms with Crippen LogP contribution in [0, 0.1) is 25.7 Å². The van der Waals surface area contributed by atoms with Gasteiger partial charge in [-0.25, -0.2) is 0 Å². The van der Waals surface area contributed by atoms with E-state index >= 15 is 0 Å². The summed E-state index contributed by atoms with van der Waals surface area (Å²) in [4.78, 5) is 29.1.